The average molecular weight is 278 g/mol. The summed E-state index contributed by atoms with van der Waals surface area (Å²) in [6.07, 6.45) is 0.267. The van der Waals surface area contributed by atoms with Crippen molar-refractivity contribution >= 4 is 22.9 Å². The van der Waals surface area contributed by atoms with Gasteiger partial charge in [0.25, 0.3) is 0 Å². The number of nitrogens with one attached hydrogen (secondary N) is 1. The van der Waals surface area contributed by atoms with Crippen LogP contribution in [-0.4, -0.2) is 21.0 Å². The molecule has 20 heavy (non-hydrogen) atoms. The minimum atomic E-state index is -0.349. The molecule has 1 aromatic carbocycles. The molecule has 0 aliphatic rings. The van der Waals surface area contributed by atoms with E-state index in [-0.39, 0.29) is 29.6 Å². The number of nitrogens with zero attached hydrogens (tertiary/aromatic N) is 2. The third-order valence-corrected chi connectivity index (χ3v) is 2.82. The lowest BCUT2D eigenvalue weighted by molar-refractivity contribution is -0.122. The Balaban J connectivity index is 2.16. The van der Waals surface area contributed by atoms with Gasteiger partial charge < -0.3 is 15.6 Å². The van der Waals surface area contributed by atoms with Gasteiger partial charge in [0.2, 0.25) is 11.9 Å². The van der Waals surface area contributed by atoms with Gasteiger partial charge in [-0.1, -0.05) is 0 Å². The Labute approximate surface area is 117 Å². The Morgan fingerprint density at radius 1 is 1.45 bits per heavy atom. The number of fused-ring (bicyclic) bond motifs is 1. The summed E-state index contributed by atoms with van der Waals surface area (Å²) in [5.41, 5.74) is 6.77. The van der Waals surface area contributed by atoms with Gasteiger partial charge in [0.15, 0.2) is 0 Å². The number of benzene rings is 1. The van der Waals surface area contributed by atoms with Crippen LogP contribution in [0, 0.1) is 5.82 Å². The standard InChI is InChI=1S/C14H19FN4O/c1-14(2,3)18-12(20)6-7-19-11-8-9(15)4-5-10(11)17-13(19)16/h4-5,8H,6-7H2,1-3H3,(H2,16,17)(H,18,20). The number of rotatable bonds is 3. The van der Waals surface area contributed by atoms with Gasteiger partial charge in [-0.15, -0.1) is 0 Å². The molecular weight excluding hydrogens is 259 g/mol. The van der Waals surface area contributed by atoms with Crippen LogP contribution < -0.4 is 11.1 Å². The number of halogens is 1. The van der Waals surface area contributed by atoms with Crippen molar-refractivity contribution in [1.29, 1.82) is 0 Å². The molecule has 0 saturated carbocycles. The largest absolute Gasteiger partial charge is 0.369 e. The second-order valence-electron chi connectivity index (χ2n) is 5.80. The summed E-state index contributed by atoms with van der Waals surface area (Å²) in [6.45, 7) is 6.12. The number of amides is 1. The van der Waals surface area contributed by atoms with Crippen molar-refractivity contribution in [2.75, 3.05) is 5.73 Å². The topological polar surface area (TPSA) is 72.9 Å². The van der Waals surface area contributed by atoms with Crippen LogP contribution in [0.4, 0.5) is 10.3 Å². The summed E-state index contributed by atoms with van der Waals surface area (Å²) in [5, 5.41) is 2.87. The number of anilines is 1. The Morgan fingerprint density at radius 2 is 2.15 bits per heavy atom. The number of aromatic nitrogens is 2. The van der Waals surface area contributed by atoms with Crippen molar-refractivity contribution in [1.82, 2.24) is 14.9 Å². The van der Waals surface area contributed by atoms with Crippen molar-refractivity contribution in [3.63, 3.8) is 0 Å². The molecule has 0 unspecified atom stereocenters. The fourth-order valence-corrected chi connectivity index (χ4v) is 2.04. The number of carbonyl (C=O) groups is 1. The van der Waals surface area contributed by atoms with Crippen molar-refractivity contribution in [3.8, 4) is 0 Å². The first-order chi connectivity index (χ1) is 9.26. The van der Waals surface area contributed by atoms with Crippen molar-refractivity contribution in [2.45, 2.75) is 39.3 Å². The van der Waals surface area contributed by atoms with Crippen LogP contribution in [0.2, 0.25) is 0 Å². The molecule has 1 amide bonds. The fraction of sp³-hybridized carbons (Fsp3) is 0.429. The van der Waals surface area contributed by atoms with Crippen LogP contribution in [-0.2, 0) is 11.3 Å². The molecule has 5 nitrogen and oxygen atoms in total. The number of imidazole rings is 1. The molecule has 0 radical (unpaired) electrons. The first-order valence-electron chi connectivity index (χ1n) is 6.48. The minimum absolute atomic E-state index is 0.0739. The molecule has 1 heterocycles. The van der Waals surface area contributed by atoms with Gasteiger partial charge in [0.1, 0.15) is 5.82 Å². The van der Waals surface area contributed by atoms with Crippen molar-refractivity contribution in [2.24, 2.45) is 0 Å². The predicted molar refractivity (Wildman–Crippen MR) is 76.6 cm³/mol. The van der Waals surface area contributed by atoms with Gasteiger partial charge in [-0.25, -0.2) is 9.37 Å². The molecule has 3 N–H and O–H groups in total. The number of aryl methyl sites for hydroxylation is 1. The molecule has 0 spiro atoms. The van der Waals surface area contributed by atoms with E-state index in [9.17, 15) is 9.18 Å². The van der Waals surface area contributed by atoms with Crippen LogP contribution in [0.25, 0.3) is 11.0 Å². The number of carbonyl (C=O) groups excluding carboxylic acids is 1. The molecule has 0 atom stereocenters. The van der Waals surface area contributed by atoms with E-state index in [2.05, 4.69) is 10.3 Å². The monoisotopic (exact) mass is 278 g/mol. The van der Waals surface area contributed by atoms with Crippen molar-refractivity contribution in [3.05, 3.63) is 24.0 Å². The van der Waals surface area contributed by atoms with Crippen LogP contribution >= 0.6 is 0 Å². The first-order valence-corrected chi connectivity index (χ1v) is 6.48. The molecule has 0 bridgehead atoms. The highest BCUT2D eigenvalue weighted by molar-refractivity contribution is 5.79. The van der Waals surface area contributed by atoms with Crippen LogP contribution in [0.1, 0.15) is 27.2 Å². The van der Waals surface area contributed by atoms with Gasteiger partial charge in [0, 0.05) is 18.5 Å². The zero-order valence-corrected chi connectivity index (χ0v) is 11.9. The van der Waals surface area contributed by atoms with Gasteiger partial charge in [-0.2, -0.15) is 0 Å². The lowest BCUT2D eigenvalue weighted by Crippen LogP contribution is -2.40. The summed E-state index contributed by atoms with van der Waals surface area (Å²) < 4.78 is 14.9. The molecule has 2 rings (SSSR count). The fourth-order valence-electron chi connectivity index (χ4n) is 2.04. The SMILES string of the molecule is CC(C)(C)NC(=O)CCn1c(N)nc2ccc(F)cc21. The summed E-state index contributed by atoms with van der Waals surface area (Å²) in [5.74, 6) is -0.137. The summed E-state index contributed by atoms with van der Waals surface area (Å²) >= 11 is 0. The van der Waals surface area contributed by atoms with E-state index in [1.54, 1.807) is 10.6 Å². The van der Waals surface area contributed by atoms with E-state index in [0.717, 1.165) is 0 Å². The third-order valence-electron chi connectivity index (χ3n) is 2.82. The van der Waals surface area contributed by atoms with E-state index >= 15 is 0 Å². The van der Waals surface area contributed by atoms with Crippen LogP contribution in [0.3, 0.4) is 0 Å². The van der Waals surface area contributed by atoms with Crippen LogP contribution in [0.15, 0.2) is 18.2 Å². The Bertz CT molecular complexity index is 642. The van der Waals surface area contributed by atoms with Gasteiger partial charge in [-0.3, -0.25) is 4.79 Å². The average Bonchev–Trinajstić information content (AvgIpc) is 2.59. The summed E-state index contributed by atoms with van der Waals surface area (Å²) in [7, 11) is 0. The quantitative estimate of drug-likeness (QED) is 0.902. The molecule has 0 aliphatic carbocycles. The molecular formula is C14H19FN4O. The molecule has 108 valence electrons. The Kier molecular flexibility index (Phi) is 3.65. The maximum atomic E-state index is 13.3. The van der Waals surface area contributed by atoms with Gasteiger partial charge in [-0.05, 0) is 39.0 Å². The molecule has 1 aromatic heterocycles. The molecule has 6 heteroatoms. The van der Waals surface area contributed by atoms with E-state index in [1.165, 1.54) is 12.1 Å². The predicted octanol–water partition coefficient (Wildman–Crippen LogP) is 2.06. The van der Waals surface area contributed by atoms with E-state index < -0.39 is 0 Å². The lowest BCUT2D eigenvalue weighted by Gasteiger charge is -2.20. The van der Waals surface area contributed by atoms with Gasteiger partial charge >= 0.3 is 0 Å². The number of nitrogens with two attached hydrogens (primary N) is 1. The van der Waals surface area contributed by atoms with Crippen molar-refractivity contribution < 1.29 is 9.18 Å². The highest BCUT2D eigenvalue weighted by atomic mass is 19.1. The Hall–Kier alpha value is -2.11. The van der Waals surface area contributed by atoms with E-state index in [1.807, 2.05) is 20.8 Å². The molecule has 0 fully saturated rings. The third kappa shape index (κ3) is 3.26. The smallest absolute Gasteiger partial charge is 0.222 e. The lowest BCUT2D eigenvalue weighted by atomic mass is 10.1. The highest BCUT2D eigenvalue weighted by Gasteiger charge is 2.15. The zero-order chi connectivity index (χ0) is 14.9. The molecule has 0 aliphatic heterocycles. The second kappa shape index (κ2) is 5.11. The first kappa shape index (κ1) is 14.3. The van der Waals surface area contributed by atoms with Gasteiger partial charge in [0.05, 0.1) is 11.0 Å². The maximum absolute atomic E-state index is 13.3. The summed E-state index contributed by atoms with van der Waals surface area (Å²) in [6, 6.07) is 4.29. The number of hydrogen-bond donors (Lipinski definition) is 2. The zero-order valence-electron chi connectivity index (χ0n) is 11.9. The van der Waals surface area contributed by atoms with Crippen LogP contribution in [0.5, 0.6) is 0 Å². The summed E-state index contributed by atoms with van der Waals surface area (Å²) in [4.78, 5) is 16.0. The number of nitrogen functional groups attached to an aromatic ring is 1. The number of hydrogen-bond acceptors (Lipinski definition) is 3. The Morgan fingerprint density at radius 3 is 2.80 bits per heavy atom. The normalized spacial score (nSPS) is 11.8. The van der Waals surface area contributed by atoms with E-state index in [4.69, 9.17) is 5.73 Å². The van der Waals surface area contributed by atoms with E-state index in [0.29, 0.717) is 17.6 Å². The maximum Gasteiger partial charge on any atom is 0.222 e. The molecule has 2 aromatic rings. The second-order valence-corrected chi connectivity index (χ2v) is 5.80. The molecule has 0 saturated heterocycles. The highest BCUT2D eigenvalue weighted by Crippen LogP contribution is 2.19. The minimum Gasteiger partial charge on any atom is -0.369 e.